The van der Waals surface area contributed by atoms with Crippen molar-refractivity contribution < 1.29 is 4.21 Å². The normalized spacial score (nSPS) is 14.9. The lowest BCUT2D eigenvalue weighted by Gasteiger charge is -2.20. The van der Waals surface area contributed by atoms with Gasteiger partial charge in [0.1, 0.15) is 0 Å². The van der Waals surface area contributed by atoms with Gasteiger partial charge in [-0.15, -0.1) is 0 Å². The van der Waals surface area contributed by atoms with Crippen LogP contribution < -0.4 is 5.32 Å². The molecule has 0 saturated carbocycles. The zero-order chi connectivity index (χ0) is 13.0. The summed E-state index contributed by atoms with van der Waals surface area (Å²) in [6.45, 7) is 8.22. The molecule has 0 saturated heterocycles. The van der Waals surface area contributed by atoms with Gasteiger partial charge in [0, 0.05) is 27.8 Å². The van der Waals surface area contributed by atoms with E-state index in [1.165, 1.54) is 16.7 Å². The van der Waals surface area contributed by atoms with Crippen LogP contribution in [-0.2, 0) is 10.8 Å². The molecule has 1 aromatic carbocycles. The average molecular weight is 253 g/mol. The zero-order valence-electron chi connectivity index (χ0n) is 11.4. The predicted octanol–water partition coefficient (Wildman–Crippen LogP) is 2.72. The summed E-state index contributed by atoms with van der Waals surface area (Å²) < 4.78 is 11.9. The van der Waals surface area contributed by atoms with E-state index in [2.05, 4.69) is 37.4 Å². The maximum atomic E-state index is 11.9. The minimum absolute atomic E-state index is 0.179. The molecule has 0 bridgehead atoms. The summed E-state index contributed by atoms with van der Waals surface area (Å²) in [6, 6.07) is 6.62. The lowest BCUT2D eigenvalue weighted by Crippen LogP contribution is -2.26. The highest BCUT2D eigenvalue weighted by Gasteiger charge is 2.16. The van der Waals surface area contributed by atoms with Gasteiger partial charge in [-0.2, -0.15) is 0 Å². The Hall–Kier alpha value is -0.670. The summed E-state index contributed by atoms with van der Waals surface area (Å²) in [7, 11) is 1.15. The van der Waals surface area contributed by atoms with Crippen molar-refractivity contribution in [3.63, 3.8) is 0 Å². The largest absolute Gasteiger partial charge is 0.312 e. The van der Waals surface area contributed by atoms with Gasteiger partial charge < -0.3 is 5.32 Å². The molecule has 0 aliphatic carbocycles. The Kier molecular flexibility index (Phi) is 5.34. The van der Waals surface area contributed by atoms with Crippen molar-refractivity contribution in [3.05, 3.63) is 34.9 Å². The van der Waals surface area contributed by atoms with Gasteiger partial charge in [-0.3, -0.25) is 4.21 Å². The van der Waals surface area contributed by atoms with Crippen molar-refractivity contribution >= 4 is 10.8 Å². The van der Waals surface area contributed by atoms with Gasteiger partial charge in [-0.05, 0) is 32.0 Å². The fraction of sp³-hybridized carbons (Fsp3) is 0.571. The summed E-state index contributed by atoms with van der Waals surface area (Å²) in [6.07, 6.45) is 0. The minimum Gasteiger partial charge on any atom is -0.312 e. The molecule has 17 heavy (non-hydrogen) atoms. The average Bonchev–Trinajstić information content (AvgIpc) is 2.26. The van der Waals surface area contributed by atoms with E-state index in [1.54, 1.807) is 0 Å². The van der Waals surface area contributed by atoms with Gasteiger partial charge >= 0.3 is 0 Å². The molecule has 1 aromatic rings. The van der Waals surface area contributed by atoms with Gasteiger partial charge in [0.25, 0.3) is 0 Å². The summed E-state index contributed by atoms with van der Waals surface area (Å²) >= 11 is 0. The Morgan fingerprint density at radius 1 is 1.29 bits per heavy atom. The highest BCUT2D eigenvalue weighted by molar-refractivity contribution is 7.85. The quantitative estimate of drug-likeness (QED) is 0.874. The molecule has 1 rings (SSSR count). The molecule has 0 aromatic heterocycles. The van der Waals surface area contributed by atoms with Crippen LogP contribution in [0.25, 0.3) is 0 Å². The van der Waals surface area contributed by atoms with Crippen molar-refractivity contribution in [2.24, 2.45) is 0 Å². The van der Waals surface area contributed by atoms with Crippen molar-refractivity contribution in [2.75, 3.05) is 12.8 Å². The fourth-order valence-corrected chi connectivity index (χ4v) is 2.96. The zero-order valence-corrected chi connectivity index (χ0v) is 12.2. The topological polar surface area (TPSA) is 29.1 Å². The Labute approximate surface area is 107 Å². The van der Waals surface area contributed by atoms with E-state index in [0.29, 0.717) is 5.75 Å². The first-order chi connectivity index (χ1) is 7.95. The number of hydrogen-bond donors (Lipinski definition) is 1. The predicted molar refractivity (Wildman–Crippen MR) is 75.9 cm³/mol. The van der Waals surface area contributed by atoms with E-state index in [-0.39, 0.29) is 11.3 Å². The molecule has 0 amide bonds. The number of benzene rings is 1. The summed E-state index contributed by atoms with van der Waals surface area (Å²) in [5.74, 6) is 0.679. The van der Waals surface area contributed by atoms with Gasteiger partial charge in [0.2, 0.25) is 0 Å². The molecule has 2 atom stereocenters. The van der Waals surface area contributed by atoms with Gasteiger partial charge in [-0.1, -0.05) is 37.6 Å². The van der Waals surface area contributed by atoms with Crippen molar-refractivity contribution in [1.29, 1.82) is 0 Å². The molecule has 0 aliphatic rings. The first-order valence-electron chi connectivity index (χ1n) is 6.07. The fourth-order valence-electron chi connectivity index (χ4n) is 1.90. The first-order valence-corrected chi connectivity index (χ1v) is 7.45. The maximum absolute atomic E-state index is 11.9. The highest BCUT2D eigenvalue weighted by Crippen LogP contribution is 2.20. The molecule has 0 aliphatic heterocycles. The van der Waals surface area contributed by atoms with Crippen LogP contribution in [0.2, 0.25) is 0 Å². The molecule has 96 valence electrons. The third kappa shape index (κ3) is 3.93. The van der Waals surface area contributed by atoms with Gasteiger partial charge in [0.05, 0.1) is 0 Å². The molecule has 1 N–H and O–H groups in total. The Bertz CT molecular complexity index is 401. The molecule has 2 unspecified atom stereocenters. The summed E-state index contributed by atoms with van der Waals surface area (Å²) in [4.78, 5) is 0. The van der Waals surface area contributed by atoms with Crippen LogP contribution in [-0.4, -0.2) is 22.3 Å². The molecule has 0 fully saturated rings. The van der Waals surface area contributed by atoms with E-state index in [4.69, 9.17) is 0 Å². The second-order valence-corrected chi connectivity index (χ2v) is 6.84. The second-order valence-electron chi connectivity index (χ2n) is 4.80. The molecule has 2 nitrogen and oxygen atoms in total. The summed E-state index contributed by atoms with van der Waals surface area (Å²) in [5.41, 5.74) is 3.79. The van der Waals surface area contributed by atoms with E-state index < -0.39 is 10.8 Å². The molecule has 3 heteroatoms. The van der Waals surface area contributed by atoms with Crippen molar-refractivity contribution in [3.8, 4) is 0 Å². The van der Waals surface area contributed by atoms with Crippen molar-refractivity contribution in [1.82, 2.24) is 5.32 Å². The number of rotatable bonds is 5. The Morgan fingerprint density at radius 2 is 1.94 bits per heavy atom. The number of hydrogen-bond acceptors (Lipinski definition) is 2. The van der Waals surface area contributed by atoms with Crippen LogP contribution in [0.4, 0.5) is 0 Å². The SMILES string of the molecule is CNC(CS(=O)C(C)C)c1ccc(C)cc1C. The van der Waals surface area contributed by atoms with Gasteiger partial charge in [0.15, 0.2) is 0 Å². The van der Waals surface area contributed by atoms with Crippen LogP contribution in [0, 0.1) is 13.8 Å². The monoisotopic (exact) mass is 253 g/mol. The highest BCUT2D eigenvalue weighted by atomic mass is 32.2. The van der Waals surface area contributed by atoms with Crippen LogP contribution in [0.3, 0.4) is 0 Å². The maximum Gasteiger partial charge on any atom is 0.0437 e. The molecule has 0 radical (unpaired) electrons. The van der Waals surface area contributed by atoms with E-state index in [1.807, 2.05) is 20.9 Å². The molecule has 0 spiro atoms. The second kappa shape index (κ2) is 6.31. The van der Waals surface area contributed by atoms with Gasteiger partial charge in [-0.25, -0.2) is 0 Å². The minimum atomic E-state index is -0.778. The Balaban J connectivity index is 2.90. The molecular formula is C14H23NOS. The van der Waals surface area contributed by atoms with E-state index >= 15 is 0 Å². The first kappa shape index (κ1) is 14.4. The van der Waals surface area contributed by atoms with Crippen LogP contribution in [0.15, 0.2) is 18.2 Å². The molecule has 0 heterocycles. The van der Waals surface area contributed by atoms with E-state index in [9.17, 15) is 4.21 Å². The third-order valence-corrected chi connectivity index (χ3v) is 4.72. The Morgan fingerprint density at radius 3 is 2.41 bits per heavy atom. The standard InChI is InChI=1S/C14H23NOS/c1-10(2)17(16)9-14(15-5)13-7-6-11(3)8-12(13)4/h6-8,10,14-15H,9H2,1-5H3. The van der Waals surface area contributed by atoms with Crippen molar-refractivity contribution in [2.45, 2.75) is 39.0 Å². The number of aryl methyl sites for hydroxylation is 2. The lowest BCUT2D eigenvalue weighted by molar-refractivity contribution is 0.629. The number of nitrogens with one attached hydrogen (secondary N) is 1. The van der Waals surface area contributed by atoms with Crippen LogP contribution >= 0.6 is 0 Å². The third-order valence-electron chi connectivity index (χ3n) is 3.01. The summed E-state index contributed by atoms with van der Waals surface area (Å²) in [5, 5.41) is 3.49. The lowest BCUT2D eigenvalue weighted by atomic mass is 10.0. The van der Waals surface area contributed by atoms with E-state index in [0.717, 1.165) is 0 Å². The van der Waals surface area contributed by atoms with Crippen LogP contribution in [0.1, 0.15) is 36.6 Å². The van der Waals surface area contributed by atoms with Crippen LogP contribution in [0.5, 0.6) is 0 Å². The smallest absolute Gasteiger partial charge is 0.0437 e. The molecular weight excluding hydrogens is 230 g/mol.